The monoisotopic (exact) mass is 370 g/mol. The molecular weight excluding hydrogens is 340 g/mol. The van der Waals surface area contributed by atoms with Crippen molar-refractivity contribution >= 4 is 11.9 Å². The van der Waals surface area contributed by atoms with Crippen LogP contribution in [0.2, 0.25) is 0 Å². The molecule has 3 N–H and O–H groups in total. The fourth-order valence-electron chi connectivity index (χ4n) is 3.74. The Hall–Kier alpha value is -1.42. The minimum Gasteiger partial charge on any atom is -0.389 e. The summed E-state index contributed by atoms with van der Waals surface area (Å²) in [7, 11) is 0. The first-order chi connectivity index (χ1) is 12.5. The van der Waals surface area contributed by atoms with Crippen molar-refractivity contribution in [2.45, 2.75) is 44.1 Å². The number of piperidine rings is 1. The fraction of sp³-hybridized carbons (Fsp3) is 0.882. The fourth-order valence-corrected chi connectivity index (χ4v) is 3.74. The standard InChI is InChI=1S/C17H30N4O5/c1-12(22)20-4-2-13(3-5-20)19-14-11-26-15(16(14)23)10-18-17(24)21-6-8-25-9-7-21/h13-16,19,23H,2-11H2,1H3,(H,18,24)/t14-,15-,16+/m1/s1. The zero-order chi connectivity index (χ0) is 18.5. The molecular formula is C17H30N4O5. The van der Waals surface area contributed by atoms with Crippen LogP contribution in [0.15, 0.2) is 0 Å². The first kappa shape index (κ1) is 19.3. The molecule has 0 aromatic rings. The molecule has 3 aliphatic heterocycles. The summed E-state index contributed by atoms with van der Waals surface area (Å²) in [6, 6.07) is -0.0122. The third-order valence-corrected chi connectivity index (χ3v) is 5.43. The van der Waals surface area contributed by atoms with Crippen molar-refractivity contribution in [3.8, 4) is 0 Å². The van der Waals surface area contributed by atoms with E-state index in [1.54, 1.807) is 11.8 Å². The highest BCUT2D eigenvalue weighted by Crippen LogP contribution is 2.18. The van der Waals surface area contributed by atoms with Crippen molar-refractivity contribution < 1.29 is 24.2 Å². The SMILES string of the molecule is CC(=O)N1CCC(N[C@@H]2CO[C@H](CNC(=O)N3CCOCC3)[C@H]2O)CC1. The number of carbonyl (C=O) groups is 2. The van der Waals surface area contributed by atoms with Crippen molar-refractivity contribution in [2.24, 2.45) is 0 Å². The number of morpholine rings is 1. The second-order valence-corrected chi connectivity index (χ2v) is 7.20. The van der Waals surface area contributed by atoms with Crippen molar-refractivity contribution in [3.63, 3.8) is 0 Å². The number of likely N-dealkylation sites (tertiary alicyclic amines) is 1. The molecule has 148 valence electrons. The molecule has 0 unspecified atom stereocenters. The number of carbonyl (C=O) groups excluding carboxylic acids is 2. The van der Waals surface area contributed by atoms with Crippen molar-refractivity contribution in [1.29, 1.82) is 0 Å². The van der Waals surface area contributed by atoms with Crippen LogP contribution in [0.25, 0.3) is 0 Å². The van der Waals surface area contributed by atoms with E-state index in [-0.39, 0.29) is 30.6 Å². The van der Waals surface area contributed by atoms with Gasteiger partial charge in [-0.1, -0.05) is 0 Å². The molecule has 0 radical (unpaired) electrons. The first-order valence-corrected chi connectivity index (χ1v) is 9.46. The second-order valence-electron chi connectivity index (χ2n) is 7.20. The summed E-state index contributed by atoms with van der Waals surface area (Å²) >= 11 is 0. The van der Waals surface area contributed by atoms with Gasteiger partial charge in [-0.15, -0.1) is 0 Å². The lowest BCUT2D eigenvalue weighted by atomic mass is 10.0. The van der Waals surface area contributed by atoms with Crippen molar-refractivity contribution in [1.82, 2.24) is 20.4 Å². The van der Waals surface area contributed by atoms with E-state index in [0.717, 1.165) is 25.9 Å². The Labute approximate surface area is 154 Å². The van der Waals surface area contributed by atoms with Crippen molar-refractivity contribution in [2.75, 3.05) is 52.5 Å². The lowest BCUT2D eigenvalue weighted by Crippen LogP contribution is -2.52. The van der Waals surface area contributed by atoms with E-state index in [2.05, 4.69) is 10.6 Å². The van der Waals surface area contributed by atoms with Crippen molar-refractivity contribution in [3.05, 3.63) is 0 Å². The number of amides is 3. The van der Waals surface area contributed by atoms with E-state index in [1.807, 2.05) is 4.90 Å². The van der Waals surface area contributed by atoms with Crippen LogP contribution in [0.4, 0.5) is 4.79 Å². The molecule has 3 saturated heterocycles. The highest BCUT2D eigenvalue weighted by atomic mass is 16.5. The second kappa shape index (κ2) is 8.98. The molecule has 3 aliphatic rings. The number of aliphatic hydroxyl groups excluding tert-OH is 1. The van der Waals surface area contributed by atoms with Gasteiger partial charge in [-0.3, -0.25) is 4.79 Å². The maximum Gasteiger partial charge on any atom is 0.317 e. The van der Waals surface area contributed by atoms with E-state index in [4.69, 9.17) is 9.47 Å². The van der Waals surface area contributed by atoms with E-state index in [0.29, 0.717) is 32.9 Å². The van der Waals surface area contributed by atoms with Gasteiger partial charge in [-0.2, -0.15) is 0 Å². The van der Waals surface area contributed by atoms with Gasteiger partial charge in [0, 0.05) is 45.7 Å². The minimum absolute atomic E-state index is 0.115. The van der Waals surface area contributed by atoms with Gasteiger partial charge in [0.25, 0.3) is 0 Å². The van der Waals surface area contributed by atoms with E-state index < -0.39 is 12.2 Å². The number of nitrogens with zero attached hydrogens (tertiary/aromatic N) is 2. The summed E-state index contributed by atoms with van der Waals surface area (Å²) in [6.45, 7) is 6.09. The lowest BCUT2D eigenvalue weighted by Gasteiger charge is -2.33. The predicted octanol–water partition coefficient (Wildman–Crippen LogP) is -1.24. The molecule has 0 aromatic heterocycles. The molecule has 9 heteroatoms. The molecule has 9 nitrogen and oxygen atoms in total. The average molecular weight is 370 g/mol. The van der Waals surface area contributed by atoms with Crippen LogP contribution in [-0.2, 0) is 14.3 Å². The number of urea groups is 1. The van der Waals surface area contributed by atoms with Crippen LogP contribution in [0.5, 0.6) is 0 Å². The Morgan fingerprint density at radius 2 is 1.81 bits per heavy atom. The number of aliphatic hydroxyl groups is 1. The molecule has 0 spiro atoms. The van der Waals surface area contributed by atoms with Gasteiger partial charge in [-0.05, 0) is 12.8 Å². The Morgan fingerprint density at radius 3 is 2.46 bits per heavy atom. The lowest BCUT2D eigenvalue weighted by molar-refractivity contribution is -0.129. The highest BCUT2D eigenvalue weighted by Gasteiger charge is 2.37. The largest absolute Gasteiger partial charge is 0.389 e. The number of hydrogen-bond donors (Lipinski definition) is 3. The normalized spacial score (nSPS) is 30.5. The molecule has 26 heavy (non-hydrogen) atoms. The van der Waals surface area contributed by atoms with Gasteiger partial charge in [-0.25, -0.2) is 4.79 Å². The van der Waals surface area contributed by atoms with Crippen LogP contribution >= 0.6 is 0 Å². The number of ether oxygens (including phenoxy) is 2. The maximum atomic E-state index is 12.1. The Kier molecular flexibility index (Phi) is 6.68. The Morgan fingerprint density at radius 1 is 1.12 bits per heavy atom. The molecule has 3 amide bonds. The number of hydrogen-bond acceptors (Lipinski definition) is 6. The van der Waals surface area contributed by atoms with Crippen LogP contribution in [0.1, 0.15) is 19.8 Å². The number of nitrogens with one attached hydrogen (secondary N) is 2. The predicted molar refractivity (Wildman–Crippen MR) is 93.7 cm³/mol. The van der Waals surface area contributed by atoms with Gasteiger partial charge in [0.05, 0.1) is 32.0 Å². The third kappa shape index (κ3) is 4.85. The molecule has 3 fully saturated rings. The summed E-state index contributed by atoms with van der Waals surface area (Å²) in [5.41, 5.74) is 0. The summed E-state index contributed by atoms with van der Waals surface area (Å²) in [4.78, 5) is 27.1. The molecule has 3 heterocycles. The van der Waals surface area contributed by atoms with Gasteiger partial charge in [0.1, 0.15) is 6.10 Å². The topological polar surface area (TPSA) is 103 Å². The van der Waals surface area contributed by atoms with Gasteiger partial charge in [0.15, 0.2) is 0 Å². The molecule has 0 saturated carbocycles. The smallest absolute Gasteiger partial charge is 0.317 e. The zero-order valence-corrected chi connectivity index (χ0v) is 15.4. The Bertz CT molecular complexity index is 492. The summed E-state index contributed by atoms with van der Waals surface area (Å²) < 4.78 is 10.9. The zero-order valence-electron chi connectivity index (χ0n) is 15.4. The molecule has 3 atom stereocenters. The third-order valence-electron chi connectivity index (χ3n) is 5.43. The molecule has 0 aliphatic carbocycles. The van der Waals surface area contributed by atoms with Crippen LogP contribution in [0.3, 0.4) is 0 Å². The maximum absolute atomic E-state index is 12.1. The minimum atomic E-state index is -0.661. The van der Waals surface area contributed by atoms with Gasteiger partial charge in [0.2, 0.25) is 5.91 Å². The van der Waals surface area contributed by atoms with Crippen LogP contribution in [-0.4, -0.2) is 104 Å². The molecule has 0 aromatic carbocycles. The summed E-state index contributed by atoms with van der Waals surface area (Å²) in [5.74, 6) is 0.115. The molecule has 3 rings (SSSR count). The molecule has 0 bridgehead atoms. The van der Waals surface area contributed by atoms with E-state index in [1.165, 1.54) is 0 Å². The first-order valence-electron chi connectivity index (χ1n) is 9.46. The highest BCUT2D eigenvalue weighted by molar-refractivity contribution is 5.74. The van der Waals surface area contributed by atoms with E-state index in [9.17, 15) is 14.7 Å². The van der Waals surface area contributed by atoms with Gasteiger partial charge < -0.3 is 35.0 Å². The summed E-state index contributed by atoms with van der Waals surface area (Å²) in [6.07, 6.45) is 0.684. The van der Waals surface area contributed by atoms with Crippen LogP contribution < -0.4 is 10.6 Å². The average Bonchev–Trinajstić information content (AvgIpc) is 3.00. The summed E-state index contributed by atoms with van der Waals surface area (Å²) in [5, 5.41) is 16.8. The number of rotatable bonds is 4. The Balaban J connectivity index is 1.38. The van der Waals surface area contributed by atoms with Gasteiger partial charge >= 0.3 is 6.03 Å². The van der Waals surface area contributed by atoms with E-state index >= 15 is 0 Å². The van der Waals surface area contributed by atoms with Crippen LogP contribution in [0, 0.1) is 0 Å². The quantitative estimate of drug-likeness (QED) is 0.572.